The molecule has 0 radical (unpaired) electrons. The summed E-state index contributed by atoms with van der Waals surface area (Å²) in [5.74, 6) is -0.828. The molecule has 1 aromatic heterocycles. The Morgan fingerprint density at radius 1 is 1.42 bits per heavy atom. The quantitative estimate of drug-likeness (QED) is 0.672. The fourth-order valence-corrected chi connectivity index (χ4v) is 2.37. The van der Waals surface area contributed by atoms with Crippen molar-refractivity contribution < 1.29 is 14.3 Å². The lowest BCUT2D eigenvalue weighted by Gasteiger charge is -2.18. The number of methoxy groups -OCH3 is 1. The number of carbonyl (C=O) groups excluding carboxylic acids is 2. The van der Waals surface area contributed by atoms with E-state index in [1.54, 1.807) is 12.1 Å². The number of rotatable bonds is 5. The number of esters is 1. The van der Waals surface area contributed by atoms with E-state index in [-0.39, 0.29) is 11.8 Å². The van der Waals surface area contributed by atoms with Crippen LogP contribution in [0, 0.1) is 5.92 Å². The molecular formula is C13H16ClNO3S. The molecule has 1 rings (SSSR count). The summed E-state index contributed by atoms with van der Waals surface area (Å²) in [5.41, 5.74) is 0. The summed E-state index contributed by atoms with van der Waals surface area (Å²) < 4.78 is 5.31. The highest BCUT2D eigenvalue weighted by molar-refractivity contribution is 7.17. The number of thiophene rings is 1. The van der Waals surface area contributed by atoms with E-state index in [1.165, 1.54) is 24.5 Å². The maximum absolute atomic E-state index is 11.7. The number of hydrogen-bond donors (Lipinski definition) is 1. The summed E-state index contributed by atoms with van der Waals surface area (Å²) in [7, 11) is 1.30. The minimum absolute atomic E-state index is 0.0408. The first-order valence-electron chi connectivity index (χ1n) is 5.75. The van der Waals surface area contributed by atoms with Gasteiger partial charge < -0.3 is 10.1 Å². The van der Waals surface area contributed by atoms with Crippen LogP contribution in [0.2, 0.25) is 4.34 Å². The summed E-state index contributed by atoms with van der Waals surface area (Å²) in [6, 6.07) is 2.93. The van der Waals surface area contributed by atoms with Crippen molar-refractivity contribution in [1.82, 2.24) is 5.32 Å². The third-order valence-corrected chi connectivity index (χ3v) is 3.61. The first-order valence-corrected chi connectivity index (χ1v) is 6.95. The molecule has 0 aliphatic rings. The standard InChI is InChI=1S/C13H16ClNO3S/c1-8(2)12(13(17)18-3)15-11(16)7-5-9-4-6-10(14)19-9/h4-8,12H,1-3H3,(H,15,16)/b7-5+. The van der Waals surface area contributed by atoms with E-state index in [0.717, 1.165) is 4.88 Å². The van der Waals surface area contributed by atoms with Gasteiger partial charge in [0.1, 0.15) is 6.04 Å². The first-order chi connectivity index (χ1) is 8.93. The van der Waals surface area contributed by atoms with Gasteiger partial charge in [0.15, 0.2) is 0 Å². The molecule has 1 amide bonds. The predicted molar refractivity (Wildman–Crippen MR) is 77.1 cm³/mol. The number of halogens is 1. The van der Waals surface area contributed by atoms with Crippen molar-refractivity contribution in [3.63, 3.8) is 0 Å². The fraction of sp³-hybridized carbons (Fsp3) is 0.385. The van der Waals surface area contributed by atoms with Crippen LogP contribution in [-0.4, -0.2) is 25.0 Å². The van der Waals surface area contributed by atoms with Gasteiger partial charge in [-0.2, -0.15) is 0 Å². The minimum Gasteiger partial charge on any atom is -0.467 e. The van der Waals surface area contributed by atoms with Gasteiger partial charge in [0.25, 0.3) is 0 Å². The molecule has 0 aromatic carbocycles. The van der Waals surface area contributed by atoms with Crippen molar-refractivity contribution in [3.8, 4) is 0 Å². The lowest BCUT2D eigenvalue weighted by molar-refractivity contribution is -0.145. The Morgan fingerprint density at radius 3 is 2.58 bits per heavy atom. The van der Waals surface area contributed by atoms with Crippen LogP contribution in [0.15, 0.2) is 18.2 Å². The molecule has 0 aliphatic heterocycles. The van der Waals surface area contributed by atoms with E-state index in [9.17, 15) is 9.59 Å². The van der Waals surface area contributed by atoms with Gasteiger partial charge in [-0.1, -0.05) is 25.4 Å². The Kier molecular flexibility index (Phi) is 6.05. The molecule has 104 valence electrons. The largest absolute Gasteiger partial charge is 0.467 e. The fourth-order valence-electron chi connectivity index (χ4n) is 1.40. The Hall–Kier alpha value is -1.33. The number of hydrogen-bond acceptors (Lipinski definition) is 4. The van der Waals surface area contributed by atoms with Crippen molar-refractivity contribution in [2.24, 2.45) is 5.92 Å². The molecule has 0 bridgehead atoms. The summed E-state index contributed by atoms with van der Waals surface area (Å²) in [4.78, 5) is 24.1. The van der Waals surface area contributed by atoms with Gasteiger partial charge in [-0.25, -0.2) is 4.79 Å². The topological polar surface area (TPSA) is 55.4 Å². The summed E-state index contributed by atoms with van der Waals surface area (Å²) >= 11 is 7.16. The van der Waals surface area contributed by atoms with Crippen LogP contribution >= 0.6 is 22.9 Å². The van der Waals surface area contributed by atoms with Gasteiger partial charge in [-0.05, 0) is 24.1 Å². The number of nitrogens with one attached hydrogen (secondary N) is 1. The van der Waals surface area contributed by atoms with Gasteiger partial charge in [0.2, 0.25) is 5.91 Å². The van der Waals surface area contributed by atoms with Crippen LogP contribution < -0.4 is 5.32 Å². The van der Waals surface area contributed by atoms with E-state index in [4.69, 9.17) is 11.6 Å². The SMILES string of the molecule is COC(=O)C(NC(=O)/C=C/c1ccc(Cl)s1)C(C)C. The van der Waals surface area contributed by atoms with Crippen LogP contribution in [-0.2, 0) is 14.3 Å². The molecule has 19 heavy (non-hydrogen) atoms. The second-order valence-electron chi connectivity index (χ2n) is 4.23. The second kappa shape index (κ2) is 7.31. The van der Waals surface area contributed by atoms with Crippen molar-refractivity contribution in [1.29, 1.82) is 0 Å². The highest BCUT2D eigenvalue weighted by atomic mass is 35.5. The van der Waals surface area contributed by atoms with Crippen LogP contribution in [0.1, 0.15) is 18.7 Å². The zero-order chi connectivity index (χ0) is 14.4. The normalized spacial score (nSPS) is 12.7. The highest BCUT2D eigenvalue weighted by Crippen LogP contribution is 2.22. The monoisotopic (exact) mass is 301 g/mol. The predicted octanol–water partition coefficient (Wildman–Crippen LogP) is 2.73. The molecule has 0 saturated carbocycles. The Labute approximate surface area is 121 Å². The average molecular weight is 302 g/mol. The maximum atomic E-state index is 11.7. The molecule has 0 saturated heterocycles. The highest BCUT2D eigenvalue weighted by Gasteiger charge is 2.23. The Bertz CT molecular complexity index is 482. The van der Waals surface area contributed by atoms with Crippen LogP contribution in [0.3, 0.4) is 0 Å². The Balaban J connectivity index is 2.62. The average Bonchev–Trinajstić information content (AvgIpc) is 2.78. The van der Waals surface area contributed by atoms with Crippen LogP contribution in [0.5, 0.6) is 0 Å². The van der Waals surface area contributed by atoms with E-state index in [2.05, 4.69) is 10.1 Å². The molecule has 1 heterocycles. The molecule has 0 fully saturated rings. The van der Waals surface area contributed by atoms with Gasteiger partial charge in [-0.15, -0.1) is 11.3 Å². The van der Waals surface area contributed by atoms with Crippen molar-refractivity contribution >= 4 is 40.9 Å². The number of amides is 1. The van der Waals surface area contributed by atoms with Gasteiger partial charge in [0, 0.05) is 11.0 Å². The molecule has 1 N–H and O–H groups in total. The molecule has 1 aromatic rings. The Morgan fingerprint density at radius 2 is 2.11 bits per heavy atom. The van der Waals surface area contributed by atoms with Gasteiger partial charge in [-0.3, -0.25) is 4.79 Å². The van der Waals surface area contributed by atoms with Crippen molar-refractivity contribution in [2.45, 2.75) is 19.9 Å². The van der Waals surface area contributed by atoms with E-state index >= 15 is 0 Å². The smallest absolute Gasteiger partial charge is 0.328 e. The third-order valence-electron chi connectivity index (χ3n) is 2.41. The maximum Gasteiger partial charge on any atom is 0.328 e. The summed E-state index contributed by atoms with van der Waals surface area (Å²) in [6.07, 6.45) is 3.03. The number of carbonyl (C=O) groups is 2. The lowest BCUT2D eigenvalue weighted by atomic mass is 10.0. The van der Waals surface area contributed by atoms with Crippen LogP contribution in [0.25, 0.3) is 6.08 Å². The molecule has 1 atom stereocenters. The van der Waals surface area contributed by atoms with E-state index in [0.29, 0.717) is 4.34 Å². The second-order valence-corrected chi connectivity index (χ2v) is 5.98. The van der Waals surface area contributed by atoms with Crippen molar-refractivity contribution in [3.05, 3.63) is 27.4 Å². The van der Waals surface area contributed by atoms with Gasteiger partial charge >= 0.3 is 5.97 Å². The third kappa shape index (κ3) is 5.04. The number of ether oxygens (including phenoxy) is 1. The molecule has 6 heteroatoms. The zero-order valence-corrected chi connectivity index (χ0v) is 12.5. The summed E-state index contributed by atoms with van der Waals surface area (Å²) in [6.45, 7) is 3.68. The van der Waals surface area contributed by atoms with E-state index < -0.39 is 12.0 Å². The van der Waals surface area contributed by atoms with E-state index in [1.807, 2.05) is 19.9 Å². The molecule has 4 nitrogen and oxygen atoms in total. The van der Waals surface area contributed by atoms with Crippen LogP contribution in [0.4, 0.5) is 0 Å². The lowest BCUT2D eigenvalue weighted by Crippen LogP contribution is -2.44. The summed E-state index contributed by atoms with van der Waals surface area (Å²) in [5, 5.41) is 2.62. The molecule has 0 spiro atoms. The molecule has 0 aliphatic carbocycles. The van der Waals surface area contributed by atoms with Crippen molar-refractivity contribution in [2.75, 3.05) is 7.11 Å². The minimum atomic E-state index is -0.644. The van der Waals surface area contributed by atoms with Gasteiger partial charge in [0.05, 0.1) is 11.4 Å². The molecular weight excluding hydrogens is 286 g/mol. The first kappa shape index (κ1) is 15.7. The molecule has 1 unspecified atom stereocenters. The zero-order valence-electron chi connectivity index (χ0n) is 11.0.